The van der Waals surface area contributed by atoms with Gasteiger partial charge in [0.05, 0.1) is 29.0 Å². The van der Waals surface area contributed by atoms with Crippen molar-refractivity contribution in [3.63, 3.8) is 0 Å². The van der Waals surface area contributed by atoms with E-state index < -0.39 is 0 Å². The first-order valence-electron chi connectivity index (χ1n) is 10.5. The molecule has 5 rings (SSSR count). The first-order valence-corrected chi connectivity index (χ1v) is 10.5. The molecule has 2 N–H and O–H groups in total. The monoisotopic (exact) mass is 421 g/mol. The molecule has 0 spiro atoms. The minimum atomic E-state index is -0.311. The predicted molar refractivity (Wildman–Crippen MR) is 118 cm³/mol. The van der Waals surface area contributed by atoms with Crippen molar-refractivity contribution in [2.24, 2.45) is 5.92 Å². The summed E-state index contributed by atoms with van der Waals surface area (Å²) in [5.41, 5.74) is 2.06. The molecule has 1 aliphatic rings. The van der Waals surface area contributed by atoms with Gasteiger partial charge in [-0.2, -0.15) is 9.97 Å². The van der Waals surface area contributed by atoms with Crippen LogP contribution in [0.1, 0.15) is 25.6 Å². The lowest BCUT2D eigenvalue weighted by Gasteiger charge is -2.19. The Hall–Kier alpha value is -3.49. The lowest BCUT2D eigenvalue weighted by atomic mass is 10.1. The average Bonchev–Trinajstić information content (AvgIpc) is 3.39. The summed E-state index contributed by atoms with van der Waals surface area (Å²) in [6.07, 6.45) is 5.40. The summed E-state index contributed by atoms with van der Waals surface area (Å²) in [7, 11) is 1.77. The number of aromatic amines is 1. The number of hydrogen-bond donors (Lipinski definition) is 2. The van der Waals surface area contributed by atoms with Crippen LogP contribution in [-0.2, 0) is 0 Å². The van der Waals surface area contributed by atoms with Crippen LogP contribution in [0.4, 0.5) is 15.9 Å². The first kappa shape index (κ1) is 19.5. The van der Waals surface area contributed by atoms with Crippen molar-refractivity contribution in [1.82, 2.24) is 24.9 Å². The van der Waals surface area contributed by atoms with Crippen LogP contribution >= 0.6 is 0 Å². The number of aryl methyl sites for hydroxylation is 1. The van der Waals surface area contributed by atoms with Crippen molar-refractivity contribution in [1.29, 1.82) is 0 Å². The molecule has 160 valence electrons. The third-order valence-electron chi connectivity index (χ3n) is 5.88. The molecule has 9 heteroatoms. The molecule has 4 heterocycles. The minimum absolute atomic E-state index is 0.202. The molecule has 1 unspecified atom stereocenters. The first-order chi connectivity index (χ1) is 15.1. The number of hydrogen-bond acceptors (Lipinski definition) is 7. The molecular weight excluding hydrogens is 397 g/mol. The molecule has 1 aromatic carbocycles. The number of ether oxygens (including phenoxy) is 1. The summed E-state index contributed by atoms with van der Waals surface area (Å²) in [5.74, 6) is 2.16. The Bertz CT molecular complexity index is 1250. The average molecular weight is 421 g/mol. The van der Waals surface area contributed by atoms with Crippen LogP contribution in [0.25, 0.3) is 21.9 Å². The maximum Gasteiger partial charge on any atom is 0.326 e. The second-order valence-corrected chi connectivity index (χ2v) is 7.88. The van der Waals surface area contributed by atoms with Gasteiger partial charge in [0, 0.05) is 25.5 Å². The van der Waals surface area contributed by atoms with Crippen molar-refractivity contribution in [2.75, 3.05) is 30.4 Å². The quantitative estimate of drug-likeness (QED) is 0.493. The van der Waals surface area contributed by atoms with Crippen LogP contribution in [0.2, 0.25) is 0 Å². The Kier molecular flexibility index (Phi) is 4.80. The van der Waals surface area contributed by atoms with Gasteiger partial charge >= 0.3 is 6.01 Å². The van der Waals surface area contributed by atoms with E-state index in [-0.39, 0.29) is 11.8 Å². The molecule has 1 fully saturated rings. The Labute approximate surface area is 178 Å². The summed E-state index contributed by atoms with van der Waals surface area (Å²) in [5, 5.41) is 4.61. The van der Waals surface area contributed by atoms with Crippen LogP contribution in [0.5, 0.6) is 11.8 Å². The molecule has 0 amide bonds. The number of H-pyrrole nitrogens is 1. The van der Waals surface area contributed by atoms with E-state index >= 15 is 0 Å². The third kappa shape index (κ3) is 3.49. The smallest absolute Gasteiger partial charge is 0.326 e. The van der Waals surface area contributed by atoms with Crippen LogP contribution in [0.15, 0.2) is 24.5 Å². The van der Waals surface area contributed by atoms with E-state index in [0.29, 0.717) is 28.8 Å². The normalized spacial score (nSPS) is 16.4. The number of aromatic nitrogens is 5. The zero-order chi connectivity index (χ0) is 21.5. The molecule has 1 atom stereocenters. The van der Waals surface area contributed by atoms with Crippen molar-refractivity contribution in [3.8, 4) is 11.8 Å². The topological polar surface area (TPSA) is 91.8 Å². The van der Waals surface area contributed by atoms with Crippen molar-refractivity contribution >= 4 is 33.4 Å². The Morgan fingerprint density at radius 2 is 2.06 bits per heavy atom. The van der Waals surface area contributed by atoms with E-state index in [9.17, 15) is 4.39 Å². The highest BCUT2D eigenvalue weighted by molar-refractivity contribution is 6.14. The zero-order valence-corrected chi connectivity index (χ0v) is 17.7. The maximum atomic E-state index is 14.4. The molecule has 0 aliphatic carbocycles. The Morgan fingerprint density at radius 3 is 2.77 bits per heavy atom. The summed E-state index contributed by atoms with van der Waals surface area (Å²) < 4.78 is 20.3. The molecule has 0 radical (unpaired) electrons. The summed E-state index contributed by atoms with van der Waals surface area (Å²) in [6, 6.07) is 3.20. The van der Waals surface area contributed by atoms with Gasteiger partial charge in [0.1, 0.15) is 23.1 Å². The van der Waals surface area contributed by atoms with Gasteiger partial charge in [0.25, 0.3) is 0 Å². The van der Waals surface area contributed by atoms with Crippen LogP contribution < -0.4 is 15.0 Å². The molecule has 0 saturated carbocycles. The Balaban J connectivity index is 1.69. The van der Waals surface area contributed by atoms with Crippen LogP contribution in [0.3, 0.4) is 0 Å². The number of halogens is 1. The second-order valence-electron chi connectivity index (χ2n) is 7.88. The van der Waals surface area contributed by atoms with Gasteiger partial charge in [0.2, 0.25) is 0 Å². The fraction of sp³-hybridized carbons (Fsp3) is 0.364. The van der Waals surface area contributed by atoms with E-state index in [0.717, 1.165) is 48.0 Å². The molecule has 31 heavy (non-hydrogen) atoms. The number of nitrogens with zero attached hydrogens (tertiary/aromatic N) is 5. The maximum absolute atomic E-state index is 14.4. The van der Waals surface area contributed by atoms with Crippen LogP contribution in [-0.4, -0.2) is 45.1 Å². The second kappa shape index (κ2) is 7.64. The van der Waals surface area contributed by atoms with Crippen molar-refractivity contribution in [2.45, 2.75) is 26.7 Å². The molecule has 1 saturated heterocycles. The standard InChI is InChI=1S/C22H24FN7O/c1-4-13-5-6-30(11-13)21-18-16-7-14(23)8-17(24-3)19(16)27-20(18)28-22(29-21)31-15-9-25-12(2)26-10-15/h7-10,13,24H,4-6,11H2,1-3H3,(H,27,28,29). The van der Waals surface area contributed by atoms with Gasteiger partial charge in [-0.05, 0) is 31.4 Å². The summed E-state index contributed by atoms with van der Waals surface area (Å²) >= 11 is 0. The molecule has 3 aromatic heterocycles. The van der Waals surface area contributed by atoms with E-state index in [2.05, 4.69) is 37.1 Å². The van der Waals surface area contributed by atoms with Gasteiger partial charge in [-0.25, -0.2) is 14.4 Å². The SMILES string of the molecule is CCC1CCN(c2nc(Oc3cnc(C)nc3)nc3[nH]c4c(NC)cc(F)cc4c23)C1. The van der Waals surface area contributed by atoms with Crippen LogP contribution in [0, 0.1) is 18.7 Å². The third-order valence-corrected chi connectivity index (χ3v) is 5.88. The molecule has 1 aliphatic heterocycles. The lowest BCUT2D eigenvalue weighted by molar-refractivity contribution is 0.439. The van der Waals surface area contributed by atoms with Gasteiger partial charge in [-0.1, -0.05) is 13.3 Å². The highest BCUT2D eigenvalue weighted by Gasteiger charge is 2.27. The fourth-order valence-electron chi connectivity index (χ4n) is 4.19. The summed E-state index contributed by atoms with van der Waals surface area (Å²) in [6.45, 7) is 5.80. The van der Waals surface area contributed by atoms with E-state index in [1.807, 2.05) is 6.92 Å². The number of nitrogens with one attached hydrogen (secondary N) is 2. The molecular formula is C22H24FN7O. The largest absolute Gasteiger partial charge is 0.421 e. The lowest BCUT2D eigenvalue weighted by Crippen LogP contribution is -2.21. The predicted octanol–water partition coefficient (Wildman–Crippen LogP) is 4.42. The fourth-order valence-corrected chi connectivity index (χ4v) is 4.19. The van der Waals surface area contributed by atoms with Gasteiger partial charge < -0.3 is 19.9 Å². The van der Waals surface area contributed by atoms with E-state index in [4.69, 9.17) is 9.72 Å². The van der Waals surface area contributed by atoms with E-state index in [1.165, 1.54) is 12.1 Å². The highest BCUT2D eigenvalue weighted by atomic mass is 19.1. The van der Waals surface area contributed by atoms with Gasteiger partial charge in [-0.15, -0.1) is 0 Å². The molecule has 0 bridgehead atoms. The summed E-state index contributed by atoms with van der Waals surface area (Å²) in [4.78, 5) is 23.2. The van der Waals surface area contributed by atoms with E-state index in [1.54, 1.807) is 19.4 Å². The highest BCUT2D eigenvalue weighted by Crippen LogP contribution is 2.38. The zero-order valence-electron chi connectivity index (χ0n) is 17.7. The van der Waals surface area contributed by atoms with Gasteiger partial charge in [-0.3, -0.25) is 0 Å². The number of benzene rings is 1. The number of rotatable bonds is 5. The van der Waals surface area contributed by atoms with Crippen molar-refractivity contribution in [3.05, 3.63) is 36.2 Å². The van der Waals surface area contributed by atoms with Gasteiger partial charge in [0.15, 0.2) is 5.75 Å². The Morgan fingerprint density at radius 1 is 1.26 bits per heavy atom. The molecule has 8 nitrogen and oxygen atoms in total. The minimum Gasteiger partial charge on any atom is -0.421 e. The number of anilines is 2. The van der Waals surface area contributed by atoms with Crippen molar-refractivity contribution < 1.29 is 9.13 Å². The molecule has 4 aromatic rings. The number of fused-ring (bicyclic) bond motifs is 3.